The zero-order valence-corrected chi connectivity index (χ0v) is 21.7. The number of benzene rings is 1. The minimum atomic E-state index is -0.378. The van der Waals surface area contributed by atoms with Crippen LogP contribution < -0.4 is 10.6 Å². The molecule has 2 aliphatic rings. The summed E-state index contributed by atoms with van der Waals surface area (Å²) in [4.78, 5) is 26.5. The lowest BCUT2D eigenvalue weighted by Crippen LogP contribution is -2.58. The first-order chi connectivity index (χ1) is 17.9. The van der Waals surface area contributed by atoms with E-state index in [4.69, 9.17) is 9.47 Å². The average molecular weight is 501 g/mol. The zero-order chi connectivity index (χ0) is 26.1. The van der Waals surface area contributed by atoms with E-state index < -0.39 is 0 Å². The summed E-state index contributed by atoms with van der Waals surface area (Å²) in [5.74, 6) is 0.559. The van der Waals surface area contributed by atoms with Gasteiger partial charge in [-0.1, -0.05) is 38.1 Å². The lowest BCUT2D eigenvalue weighted by molar-refractivity contribution is -0.0246. The van der Waals surface area contributed by atoms with Gasteiger partial charge in [0.1, 0.15) is 29.8 Å². The first-order valence-corrected chi connectivity index (χ1v) is 12.8. The fraction of sp³-hybridized carbons (Fsp3) is 0.429. The van der Waals surface area contributed by atoms with E-state index in [1.165, 1.54) is 10.1 Å². The van der Waals surface area contributed by atoms with Gasteiger partial charge in [0.05, 0.1) is 5.52 Å². The van der Waals surface area contributed by atoms with Crippen molar-refractivity contribution in [2.45, 2.75) is 58.0 Å². The van der Waals surface area contributed by atoms with Crippen LogP contribution in [0, 0.1) is 11.3 Å². The second kappa shape index (κ2) is 10.2. The Balaban J connectivity index is 1.45. The van der Waals surface area contributed by atoms with Crippen LogP contribution in [-0.2, 0) is 16.5 Å². The second-order valence-corrected chi connectivity index (χ2v) is 9.68. The third-order valence-corrected chi connectivity index (χ3v) is 7.52. The molecule has 5 rings (SSSR count). The van der Waals surface area contributed by atoms with E-state index in [2.05, 4.69) is 70.9 Å². The summed E-state index contributed by atoms with van der Waals surface area (Å²) in [6, 6.07) is 14.6. The maximum Gasteiger partial charge on any atom is 0.349 e. The molecule has 1 aromatic carbocycles. The van der Waals surface area contributed by atoms with Gasteiger partial charge >= 0.3 is 5.69 Å². The van der Waals surface area contributed by atoms with Gasteiger partial charge in [0.15, 0.2) is 5.82 Å². The maximum atomic E-state index is 12.7. The highest BCUT2D eigenvalue weighted by Crippen LogP contribution is 2.35. The first-order valence-electron chi connectivity index (χ1n) is 12.8. The van der Waals surface area contributed by atoms with Crippen LogP contribution in [0.15, 0.2) is 53.7 Å². The number of rotatable bonds is 6. The van der Waals surface area contributed by atoms with Gasteiger partial charge in [-0.15, -0.1) is 0 Å². The van der Waals surface area contributed by atoms with Crippen molar-refractivity contribution >= 4 is 16.9 Å². The van der Waals surface area contributed by atoms with Crippen molar-refractivity contribution < 1.29 is 9.47 Å². The van der Waals surface area contributed by atoms with Crippen molar-refractivity contribution in [3.05, 3.63) is 76.2 Å². The molecule has 3 atom stereocenters. The Hall–Kier alpha value is -3.90. The van der Waals surface area contributed by atoms with Gasteiger partial charge in [0, 0.05) is 43.8 Å². The fourth-order valence-electron chi connectivity index (χ4n) is 5.51. The summed E-state index contributed by atoms with van der Waals surface area (Å²) in [7, 11) is 1.68. The number of pyridine rings is 1. The van der Waals surface area contributed by atoms with Crippen molar-refractivity contribution in [2.24, 2.45) is 7.05 Å². The quantitative estimate of drug-likeness (QED) is 0.498. The third kappa shape index (κ3) is 4.53. The van der Waals surface area contributed by atoms with Gasteiger partial charge in [-0.25, -0.2) is 9.78 Å². The number of nitrogens with zero attached hydrogens (tertiary/aromatic N) is 6. The van der Waals surface area contributed by atoms with Gasteiger partial charge < -0.3 is 14.4 Å². The molecule has 1 fully saturated rings. The maximum absolute atomic E-state index is 12.7. The molecular weight excluding hydrogens is 468 g/mol. The molecule has 2 aliphatic heterocycles. The molecule has 9 heteroatoms. The minimum Gasteiger partial charge on any atom is -0.455 e. The number of anilines is 1. The molecule has 3 aromatic rings. The van der Waals surface area contributed by atoms with Crippen molar-refractivity contribution in [1.82, 2.24) is 19.4 Å². The Morgan fingerprint density at radius 2 is 1.81 bits per heavy atom. The van der Waals surface area contributed by atoms with Crippen LogP contribution in [0.3, 0.4) is 0 Å². The predicted molar refractivity (Wildman–Crippen MR) is 141 cm³/mol. The largest absolute Gasteiger partial charge is 0.455 e. The summed E-state index contributed by atoms with van der Waals surface area (Å²) in [6.07, 6.45) is 4.68. The van der Waals surface area contributed by atoms with Crippen LogP contribution in [0.2, 0.25) is 0 Å². The molecular formula is C28H32N6O3. The molecule has 9 nitrogen and oxygen atoms in total. The van der Waals surface area contributed by atoms with Crippen LogP contribution in [0.25, 0.3) is 11.0 Å². The van der Waals surface area contributed by atoms with Crippen LogP contribution in [-0.4, -0.2) is 44.6 Å². The second-order valence-electron chi connectivity index (χ2n) is 9.68. The summed E-state index contributed by atoms with van der Waals surface area (Å²) in [5.41, 5.74) is 3.49. The Morgan fingerprint density at radius 3 is 2.46 bits per heavy atom. The number of aryl methyl sites for hydroxylation is 1. The highest BCUT2D eigenvalue weighted by atomic mass is 16.7. The number of piperazine rings is 1. The van der Waals surface area contributed by atoms with E-state index in [0.717, 1.165) is 31.5 Å². The Kier molecular flexibility index (Phi) is 6.85. The van der Waals surface area contributed by atoms with Crippen molar-refractivity contribution in [1.29, 1.82) is 5.26 Å². The average Bonchev–Trinajstić information content (AvgIpc) is 3.47. The highest BCUT2D eigenvalue weighted by molar-refractivity contribution is 5.86. The number of fused-ring (bicyclic) bond motifs is 1. The fourth-order valence-corrected chi connectivity index (χ4v) is 5.51. The summed E-state index contributed by atoms with van der Waals surface area (Å²) < 4.78 is 12.4. The molecule has 0 radical (unpaired) electrons. The molecule has 37 heavy (non-hydrogen) atoms. The number of hydrogen-bond donors (Lipinski definition) is 0. The molecule has 0 bridgehead atoms. The normalized spacial score (nSPS) is 21.0. The molecule has 0 spiro atoms. The molecule has 1 saturated heterocycles. The molecule has 0 amide bonds. The predicted octanol–water partition coefficient (Wildman–Crippen LogP) is 4.16. The molecule has 0 saturated carbocycles. The van der Waals surface area contributed by atoms with Crippen molar-refractivity contribution in [3.8, 4) is 6.07 Å². The Bertz CT molecular complexity index is 1400. The minimum absolute atomic E-state index is 0.0952. The molecule has 0 aliphatic carbocycles. The lowest BCUT2D eigenvalue weighted by atomic mass is 9.95. The highest BCUT2D eigenvalue weighted by Gasteiger charge is 2.36. The van der Waals surface area contributed by atoms with Gasteiger partial charge in [-0.05, 0) is 37.5 Å². The summed E-state index contributed by atoms with van der Waals surface area (Å²) in [6.45, 7) is 8.11. The summed E-state index contributed by atoms with van der Waals surface area (Å²) >= 11 is 0. The van der Waals surface area contributed by atoms with E-state index in [9.17, 15) is 10.1 Å². The van der Waals surface area contributed by atoms with Gasteiger partial charge in [-0.2, -0.15) is 10.2 Å². The molecule has 4 heterocycles. The van der Waals surface area contributed by atoms with Gasteiger partial charge in [0.2, 0.25) is 0 Å². The number of ether oxygens (including phenoxy) is 2. The Morgan fingerprint density at radius 1 is 1.08 bits per heavy atom. The molecule has 2 aromatic heterocycles. The smallest absolute Gasteiger partial charge is 0.349 e. The van der Waals surface area contributed by atoms with E-state index >= 15 is 0 Å². The van der Waals surface area contributed by atoms with Crippen LogP contribution >= 0.6 is 0 Å². The molecule has 192 valence electrons. The third-order valence-electron chi connectivity index (χ3n) is 7.52. The standard InChI is InChI=1S/C28H32N6O3/c1-5-22-17-33(26-25-24(32(4)28(35)31-26)12-11-21(15-29)30-25)18(3)16-34(22)23(6-2)19-7-9-20(10-8-19)27-36-13-14-37-27/h7-14,18,22-23,27H,5-6,16-17H2,1-4H3/t18-,22+,23?/m0/s1. The lowest BCUT2D eigenvalue weighted by Gasteiger charge is -2.49. The monoisotopic (exact) mass is 500 g/mol. The van der Waals surface area contributed by atoms with Gasteiger partial charge in [-0.3, -0.25) is 9.47 Å². The number of nitriles is 1. The van der Waals surface area contributed by atoms with Crippen LogP contribution in [0.4, 0.5) is 5.82 Å². The van der Waals surface area contributed by atoms with E-state index in [1.807, 2.05) is 0 Å². The van der Waals surface area contributed by atoms with E-state index in [0.29, 0.717) is 22.5 Å². The molecule has 0 N–H and O–H groups in total. The summed E-state index contributed by atoms with van der Waals surface area (Å²) in [5, 5.41) is 9.43. The zero-order valence-electron chi connectivity index (χ0n) is 21.7. The van der Waals surface area contributed by atoms with E-state index in [1.54, 1.807) is 31.7 Å². The number of aromatic nitrogens is 3. The van der Waals surface area contributed by atoms with Crippen LogP contribution in [0.1, 0.15) is 62.8 Å². The molecule has 1 unspecified atom stereocenters. The van der Waals surface area contributed by atoms with Crippen molar-refractivity contribution in [2.75, 3.05) is 18.0 Å². The van der Waals surface area contributed by atoms with E-state index in [-0.39, 0.29) is 30.1 Å². The first kappa shape index (κ1) is 24.8. The topological polar surface area (TPSA) is 96.5 Å². The van der Waals surface area contributed by atoms with Crippen LogP contribution in [0.5, 0.6) is 0 Å². The van der Waals surface area contributed by atoms with Crippen molar-refractivity contribution in [3.63, 3.8) is 0 Å². The van der Waals surface area contributed by atoms with Gasteiger partial charge in [0.25, 0.3) is 6.29 Å². The number of hydrogen-bond acceptors (Lipinski definition) is 8. The Labute approximate surface area is 216 Å². The SMILES string of the molecule is CCC(c1ccc(C2OC=CO2)cc1)N1C[C@H](C)N(c2nc(=O)n(C)c3ccc(C#N)nc23)C[C@H]1CC.